The van der Waals surface area contributed by atoms with Gasteiger partial charge in [-0.2, -0.15) is 0 Å². The molecule has 0 saturated heterocycles. The maximum absolute atomic E-state index is 5.21. The standard InChI is InChI=1S/C13H16N2/c1-2-3-4-9-14-12-8-7-11-6-5-10-15-13(11)12/h1,5-6,10,12,14H,3-4,7-9H2. The molecule has 1 aromatic heterocycles. The van der Waals surface area contributed by atoms with Gasteiger partial charge in [-0.25, -0.2) is 0 Å². The molecule has 2 heteroatoms. The van der Waals surface area contributed by atoms with Gasteiger partial charge in [0, 0.05) is 12.6 Å². The van der Waals surface area contributed by atoms with Crippen LogP contribution >= 0.6 is 0 Å². The second-order valence-corrected chi connectivity index (χ2v) is 3.90. The van der Waals surface area contributed by atoms with Gasteiger partial charge >= 0.3 is 0 Å². The molecular formula is C13H16N2. The average Bonchev–Trinajstić information content (AvgIpc) is 2.68. The van der Waals surface area contributed by atoms with E-state index in [1.807, 2.05) is 12.3 Å². The van der Waals surface area contributed by atoms with Crippen molar-refractivity contribution < 1.29 is 0 Å². The zero-order chi connectivity index (χ0) is 10.5. The van der Waals surface area contributed by atoms with E-state index < -0.39 is 0 Å². The van der Waals surface area contributed by atoms with Crippen molar-refractivity contribution in [3.8, 4) is 12.3 Å². The fraction of sp³-hybridized carbons (Fsp3) is 0.462. The third-order valence-electron chi connectivity index (χ3n) is 2.85. The second-order valence-electron chi connectivity index (χ2n) is 3.90. The molecule has 1 N–H and O–H groups in total. The molecule has 1 unspecified atom stereocenters. The molecule has 0 radical (unpaired) electrons. The number of aryl methyl sites for hydroxylation is 1. The Morgan fingerprint density at radius 1 is 1.60 bits per heavy atom. The molecule has 1 aliphatic rings. The summed E-state index contributed by atoms with van der Waals surface area (Å²) in [6, 6.07) is 4.63. The molecule has 0 spiro atoms. The number of fused-ring (bicyclic) bond motifs is 1. The number of rotatable bonds is 4. The van der Waals surface area contributed by atoms with Crippen LogP contribution in [0.2, 0.25) is 0 Å². The molecule has 0 saturated carbocycles. The molecule has 0 aromatic carbocycles. The summed E-state index contributed by atoms with van der Waals surface area (Å²) in [5.41, 5.74) is 2.63. The van der Waals surface area contributed by atoms with E-state index in [0.29, 0.717) is 6.04 Å². The van der Waals surface area contributed by atoms with Crippen LogP contribution in [0.5, 0.6) is 0 Å². The minimum atomic E-state index is 0.443. The van der Waals surface area contributed by atoms with E-state index in [9.17, 15) is 0 Å². The molecule has 15 heavy (non-hydrogen) atoms. The summed E-state index contributed by atoms with van der Waals surface area (Å²) in [6.45, 7) is 0.991. The predicted octanol–water partition coefficient (Wildman–Crippen LogP) is 2.07. The van der Waals surface area contributed by atoms with Crippen LogP contribution in [-0.4, -0.2) is 11.5 Å². The van der Waals surface area contributed by atoms with Crippen LogP contribution in [0.15, 0.2) is 18.3 Å². The SMILES string of the molecule is C#CCCCNC1CCc2cccnc21. The van der Waals surface area contributed by atoms with Crippen molar-refractivity contribution in [3.05, 3.63) is 29.6 Å². The highest BCUT2D eigenvalue weighted by molar-refractivity contribution is 5.27. The lowest BCUT2D eigenvalue weighted by molar-refractivity contribution is 0.515. The monoisotopic (exact) mass is 200 g/mol. The van der Waals surface area contributed by atoms with Gasteiger partial charge in [0.1, 0.15) is 0 Å². The van der Waals surface area contributed by atoms with Gasteiger partial charge in [0.15, 0.2) is 0 Å². The average molecular weight is 200 g/mol. The Morgan fingerprint density at radius 2 is 2.53 bits per heavy atom. The number of nitrogens with zero attached hydrogens (tertiary/aromatic N) is 1. The van der Waals surface area contributed by atoms with Gasteiger partial charge in [-0.15, -0.1) is 12.3 Å². The van der Waals surface area contributed by atoms with Crippen LogP contribution < -0.4 is 5.32 Å². The zero-order valence-corrected chi connectivity index (χ0v) is 8.87. The molecule has 0 amide bonds. The Hall–Kier alpha value is -1.33. The van der Waals surface area contributed by atoms with Crippen LogP contribution in [0.25, 0.3) is 0 Å². The van der Waals surface area contributed by atoms with Crippen molar-refractivity contribution in [1.82, 2.24) is 10.3 Å². The van der Waals surface area contributed by atoms with Crippen LogP contribution in [-0.2, 0) is 6.42 Å². The number of terminal acetylenes is 1. The summed E-state index contributed by atoms with van der Waals surface area (Å²) in [7, 11) is 0. The van der Waals surface area contributed by atoms with Gasteiger partial charge in [0.25, 0.3) is 0 Å². The zero-order valence-electron chi connectivity index (χ0n) is 8.87. The van der Waals surface area contributed by atoms with Crippen molar-refractivity contribution >= 4 is 0 Å². The van der Waals surface area contributed by atoms with Crippen molar-refractivity contribution in [1.29, 1.82) is 0 Å². The summed E-state index contributed by atoms with van der Waals surface area (Å²) >= 11 is 0. The first-order valence-corrected chi connectivity index (χ1v) is 5.52. The molecule has 0 fully saturated rings. The molecule has 2 rings (SSSR count). The summed E-state index contributed by atoms with van der Waals surface area (Å²) in [6.07, 6.45) is 11.3. The molecular weight excluding hydrogens is 184 g/mol. The topological polar surface area (TPSA) is 24.9 Å². The van der Waals surface area contributed by atoms with Crippen LogP contribution in [0.3, 0.4) is 0 Å². The lowest BCUT2D eigenvalue weighted by atomic mass is 10.2. The summed E-state index contributed by atoms with van der Waals surface area (Å²) in [4.78, 5) is 4.44. The third kappa shape index (κ3) is 2.37. The first-order chi connectivity index (χ1) is 7.42. The quantitative estimate of drug-likeness (QED) is 0.594. The fourth-order valence-corrected chi connectivity index (χ4v) is 2.08. The van der Waals surface area contributed by atoms with Gasteiger partial charge in [-0.1, -0.05) is 6.07 Å². The minimum absolute atomic E-state index is 0.443. The Morgan fingerprint density at radius 3 is 3.40 bits per heavy atom. The minimum Gasteiger partial charge on any atom is -0.309 e. The van der Waals surface area contributed by atoms with Gasteiger partial charge in [-0.3, -0.25) is 4.98 Å². The third-order valence-corrected chi connectivity index (χ3v) is 2.85. The number of hydrogen-bond acceptors (Lipinski definition) is 2. The first-order valence-electron chi connectivity index (χ1n) is 5.52. The number of hydrogen-bond donors (Lipinski definition) is 1. The number of nitrogens with one attached hydrogen (secondary N) is 1. The lowest BCUT2D eigenvalue weighted by Crippen LogP contribution is -2.21. The lowest BCUT2D eigenvalue weighted by Gasteiger charge is -2.11. The predicted molar refractivity (Wildman–Crippen MR) is 61.4 cm³/mol. The summed E-state index contributed by atoms with van der Waals surface area (Å²) in [5.74, 6) is 2.66. The second kappa shape index (κ2) is 4.95. The van der Waals surface area contributed by atoms with Gasteiger partial charge < -0.3 is 5.32 Å². The Kier molecular flexibility index (Phi) is 3.37. The van der Waals surface area contributed by atoms with Crippen molar-refractivity contribution in [2.45, 2.75) is 31.7 Å². The maximum Gasteiger partial charge on any atom is 0.0605 e. The van der Waals surface area contributed by atoms with Gasteiger partial charge in [0.2, 0.25) is 0 Å². The summed E-state index contributed by atoms with van der Waals surface area (Å²) in [5, 5.41) is 3.51. The van der Waals surface area contributed by atoms with Crippen molar-refractivity contribution in [2.75, 3.05) is 6.54 Å². The smallest absolute Gasteiger partial charge is 0.0605 e. The molecule has 0 bridgehead atoms. The Labute approximate surface area is 91.1 Å². The highest BCUT2D eigenvalue weighted by Crippen LogP contribution is 2.28. The molecule has 1 atom stereocenters. The molecule has 0 aliphatic heterocycles. The van der Waals surface area contributed by atoms with E-state index in [2.05, 4.69) is 22.3 Å². The van der Waals surface area contributed by atoms with Gasteiger partial charge in [0.05, 0.1) is 11.7 Å². The van der Waals surface area contributed by atoms with E-state index in [1.165, 1.54) is 17.7 Å². The van der Waals surface area contributed by atoms with Crippen LogP contribution in [0.4, 0.5) is 0 Å². The van der Waals surface area contributed by atoms with Crippen molar-refractivity contribution in [2.24, 2.45) is 0 Å². The number of unbranched alkanes of at least 4 members (excludes halogenated alkanes) is 1. The van der Waals surface area contributed by atoms with Crippen molar-refractivity contribution in [3.63, 3.8) is 0 Å². The highest BCUT2D eigenvalue weighted by Gasteiger charge is 2.22. The first kappa shape index (κ1) is 10.2. The molecule has 1 aromatic rings. The molecule has 78 valence electrons. The molecule has 1 aliphatic carbocycles. The Bertz CT molecular complexity index is 365. The largest absolute Gasteiger partial charge is 0.309 e. The van der Waals surface area contributed by atoms with E-state index >= 15 is 0 Å². The van der Waals surface area contributed by atoms with Gasteiger partial charge in [-0.05, 0) is 37.4 Å². The summed E-state index contributed by atoms with van der Waals surface area (Å²) < 4.78 is 0. The van der Waals surface area contributed by atoms with E-state index in [4.69, 9.17) is 6.42 Å². The maximum atomic E-state index is 5.21. The molecule has 2 nitrogen and oxygen atoms in total. The highest BCUT2D eigenvalue weighted by atomic mass is 14.9. The van der Waals surface area contributed by atoms with E-state index in [1.54, 1.807) is 0 Å². The normalized spacial score (nSPS) is 18.5. The Balaban J connectivity index is 1.88. The molecule has 1 heterocycles. The van der Waals surface area contributed by atoms with E-state index in [-0.39, 0.29) is 0 Å². The van der Waals surface area contributed by atoms with Crippen LogP contribution in [0.1, 0.15) is 36.6 Å². The van der Waals surface area contributed by atoms with Crippen LogP contribution in [0, 0.1) is 12.3 Å². The fourth-order valence-electron chi connectivity index (χ4n) is 2.08. The van der Waals surface area contributed by atoms with E-state index in [0.717, 1.165) is 25.8 Å². The number of aromatic nitrogens is 1. The number of pyridine rings is 1.